The van der Waals surface area contributed by atoms with Gasteiger partial charge in [-0.1, -0.05) is 13.8 Å². The van der Waals surface area contributed by atoms with Crippen LogP contribution in [0, 0.1) is 0 Å². The van der Waals surface area contributed by atoms with E-state index in [9.17, 15) is 4.79 Å². The minimum atomic E-state index is 0.0499. The number of carbonyl (C=O) groups excluding carboxylic acids is 1. The number of carbonyl (C=O) groups is 1. The number of nitrogens with zero attached hydrogens (tertiary/aromatic N) is 2. The van der Waals surface area contributed by atoms with E-state index in [2.05, 4.69) is 39.8 Å². The Bertz CT molecular complexity index is 448. The maximum Gasteiger partial charge on any atom is 0.221 e. The summed E-state index contributed by atoms with van der Waals surface area (Å²) in [5.41, 5.74) is 1.07. The van der Waals surface area contributed by atoms with Crippen molar-refractivity contribution in [1.29, 1.82) is 0 Å². The van der Waals surface area contributed by atoms with Crippen LogP contribution in [0.15, 0.2) is 6.33 Å². The number of nitrogens with one attached hydrogen (secondary N) is 3. The molecule has 0 radical (unpaired) electrons. The van der Waals surface area contributed by atoms with Gasteiger partial charge in [-0.2, -0.15) is 0 Å². The van der Waals surface area contributed by atoms with Crippen LogP contribution in [0.25, 0.3) is 0 Å². The molecule has 1 rings (SSSR count). The number of amides is 1. The second kappa shape index (κ2) is 9.15. The van der Waals surface area contributed by atoms with Gasteiger partial charge in [0, 0.05) is 31.1 Å². The normalized spacial score (nSPS) is 10.5. The summed E-state index contributed by atoms with van der Waals surface area (Å²) in [6.45, 7) is 9.56. The Morgan fingerprint density at radius 3 is 2.29 bits per heavy atom. The number of rotatable bonds is 9. The molecule has 0 atom stereocenters. The molecule has 0 saturated carbocycles. The molecular formula is C15H27N5O. The van der Waals surface area contributed by atoms with Crippen LogP contribution in [0.3, 0.4) is 0 Å². The summed E-state index contributed by atoms with van der Waals surface area (Å²) in [6, 6.07) is 0.174. The molecule has 0 spiro atoms. The quantitative estimate of drug-likeness (QED) is 0.650. The van der Waals surface area contributed by atoms with Crippen molar-refractivity contribution < 1.29 is 4.79 Å². The van der Waals surface area contributed by atoms with Crippen molar-refractivity contribution in [3.8, 4) is 0 Å². The Balaban J connectivity index is 2.60. The second-order valence-corrected chi connectivity index (χ2v) is 5.23. The molecule has 1 heterocycles. The number of aromatic nitrogens is 2. The summed E-state index contributed by atoms with van der Waals surface area (Å²) in [5, 5.41) is 9.42. The number of hydrogen-bond acceptors (Lipinski definition) is 5. The van der Waals surface area contributed by atoms with Crippen molar-refractivity contribution >= 4 is 17.5 Å². The van der Waals surface area contributed by atoms with Crippen LogP contribution in [0.4, 0.5) is 11.6 Å². The maximum atomic E-state index is 11.6. The van der Waals surface area contributed by atoms with E-state index in [1.165, 1.54) is 0 Å². The van der Waals surface area contributed by atoms with Crippen molar-refractivity contribution in [2.45, 2.75) is 53.0 Å². The van der Waals surface area contributed by atoms with E-state index in [0.29, 0.717) is 13.0 Å². The summed E-state index contributed by atoms with van der Waals surface area (Å²) in [5.74, 6) is 1.74. The zero-order valence-corrected chi connectivity index (χ0v) is 13.5. The molecule has 0 fully saturated rings. The molecule has 0 aliphatic heterocycles. The first-order valence-corrected chi connectivity index (χ1v) is 7.69. The highest BCUT2D eigenvalue weighted by Crippen LogP contribution is 2.20. The summed E-state index contributed by atoms with van der Waals surface area (Å²) in [4.78, 5) is 20.2. The Morgan fingerprint density at radius 2 is 1.76 bits per heavy atom. The molecule has 1 aromatic rings. The summed E-state index contributed by atoms with van der Waals surface area (Å²) in [6.07, 6.45) is 3.87. The van der Waals surface area contributed by atoms with Gasteiger partial charge in [-0.3, -0.25) is 4.79 Å². The molecule has 1 aromatic heterocycles. The van der Waals surface area contributed by atoms with Gasteiger partial charge >= 0.3 is 0 Å². The van der Waals surface area contributed by atoms with Crippen LogP contribution in [-0.4, -0.2) is 35.0 Å². The highest BCUT2D eigenvalue weighted by Gasteiger charge is 2.10. The number of anilines is 2. The molecule has 0 aromatic carbocycles. The van der Waals surface area contributed by atoms with Gasteiger partial charge in [-0.05, 0) is 26.7 Å². The smallest absolute Gasteiger partial charge is 0.221 e. The monoisotopic (exact) mass is 293 g/mol. The minimum Gasteiger partial charge on any atom is -0.370 e. The third-order valence-electron chi connectivity index (χ3n) is 2.94. The van der Waals surface area contributed by atoms with Gasteiger partial charge in [-0.25, -0.2) is 9.97 Å². The molecule has 0 aliphatic carbocycles. The van der Waals surface area contributed by atoms with E-state index in [1.54, 1.807) is 6.33 Å². The van der Waals surface area contributed by atoms with Crippen molar-refractivity contribution in [2.75, 3.05) is 23.7 Å². The topological polar surface area (TPSA) is 78.9 Å². The highest BCUT2D eigenvalue weighted by atomic mass is 16.1. The Labute approximate surface area is 127 Å². The molecule has 118 valence electrons. The lowest BCUT2D eigenvalue weighted by Gasteiger charge is -2.14. The molecule has 0 unspecified atom stereocenters. The molecule has 0 aliphatic rings. The van der Waals surface area contributed by atoms with Crippen molar-refractivity contribution in [1.82, 2.24) is 15.3 Å². The van der Waals surface area contributed by atoms with E-state index < -0.39 is 0 Å². The average Bonchev–Trinajstić information content (AvgIpc) is 2.44. The van der Waals surface area contributed by atoms with Gasteiger partial charge in [0.1, 0.15) is 18.0 Å². The van der Waals surface area contributed by atoms with E-state index >= 15 is 0 Å². The zero-order chi connectivity index (χ0) is 15.7. The Morgan fingerprint density at radius 1 is 1.14 bits per heavy atom. The molecule has 0 bridgehead atoms. The van der Waals surface area contributed by atoms with E-state index in [0.717, 1.165) is 36.6 Å². The maximum absolute atomic E-state index is 11.6. The molecule has 0 saturated heterocycles. The van der Waals surface area contributed by atoms with E-state index in [1.807, 2.05) is 13.8 Å². The summed E-state index contributed by atoms with van der Waals surface area (Å²) in [7, 11) is 0. The molecule has 6 heteroatoms. The van der Waals surface area contributed by atoms with Gasteiger partial charge in [0.25, 0.3) is 0 Å². The summed E-state index contributed by atoms with van der Waals surface area (Å²) < 4.78 is 0. The predicted octanol–water partition coefficient (Wildman–Crippen LogP) is 2.19. The predicted molar refractivity (Wildman–Crippen MR) is 86.6 cm³/mol. The Hall–Kier alpha value is -1.85. The van der Waals surface area contributed by atoms with Crippen LogP contribution in [0.1, 0.15) is 46.1 Å². The lowest BCUT2D eigenvalue weighted by atomic mass is 10.2. The van der Waals surface area contributed by atoms with Gasteiger partial charge < -0.3 is 16.0 Å². The van der Waals surface area contributed by atoms with Gasteiger partial charge in [0.05, 0.1) is 0 Å². The van der Waals surface area contributed by atoms with Crippen molar-refractivity contribution in [3.63, 3.8) is 0 Å². The fraction of sp³-hybridized carbons (Fsp3) is 0.667. The largest absolute Gasteiger partial charge is 0.370 e. The first kappa shape index (κ1) is 17.2. The standard InChI is InChI=1S/C15H27N5O/c1-5-8-16-14-12(6-2)15(19-10-18-14)17-9-7-13(21)20-11(3)4/h10-11H,5-9H2,1-4H3,(H,20,21)(H2,16,17,18,19). The van der Waals surface area contributed by atoms with Crippen molar-refractivity contribution in [3.05, 3.63) is 11.9 Å². The minimum absolute atomic E-state index is 0.0499. The van der Waals surface area contributed by atoms with Crippen LogP contribution >= 0.6 is 0 Å². The van der Waals surface area contributed by atoms with Gasteiger partial charge in [0.15, 0.2) is 0 Å². The van der Waals surface area contributed by atoms with Gasteiger partial charge in [0.2, 0.25) is 5.91 Å². The fourth-order valence-corrected chi connectivity index (χ4v) is 1.98. The van der Waals surface area contributed by atoms with Gasteiger partial charge in [-0.15, -0.1) is 0 Å². The molecular weight excluding hydrogens is 266 g/mol. The van der Waals surface area contributed by atoms with Crippen LogP contribution in [-0.2, 0) is 11.2 Å². The zero-order valence-electron chi connectivity index (χ0n) is 13.5. The van der Waals surface area contributed by atoms with E-state index in [-0.39, 0.29) is 11.9 Å². The summed E-state index contributed by atoms with van der Waals surface area (Å²) >= 11 is 0. The first-order chi connectivity index (χ1) is 10.1. The lowest BCUT2D eigenvalue weighted by Crippen LogP contribution is -2.31. The molecule has 6 nitrogen and oxygen atoms in total. The average molecular weight is 293 g/mol. The van der Waals surface area contributed by atoms with Crippen LogP contribution in [0.5, 0.6) is 0 Å². The number of hydrogen-bond donors (Lipinski definition) is 3. The molecule has 21 heavy (non-hydrogen) atoms. The first-order valence-electron chi connectivity index (χ1n) is 7.69. The van der Waals surface area contributed by atoms with E-state index in [4.69, 9.17) is 0 Å². The third kappa shape index (κ3) is 5.97. The fourth-order valence-electron chi connectivity index (χ4n) is 1.98. The molecule has 3 N–H and O–H groups in total. The Kier molecular flexibility index (Phi) is 7.50. The highest BCUT2D eigenvalue weighted by molar-refractivity contribution is 5.76. The van der Waals surface area contributed by atoms with Crippen LogP contribution in [0.2, 0.25) is 0 Å². The lowest BCUT2D eigenvalue weighted by molar-refractivity contribution is -0.121. The third-order valence-corrected chi connectivity index (χ3v) is 2.94. The van der Waals surface area contributed by atoms with Crippen LogP contribution < -0.4 is 16.0 Å². The molecule has 1 amide bonds. The van der Waals surface area contributed by atoms with Crippen molar-refractivity contribution in [2.24, 2.45) is 0 Å². The SMILES string of the molecule is CCCNc1ncnc(NCCC(=O)NC(C)C)c1CC. The second-order valence-electron chi connectivity index (χ2n) is 5.23.